The zero-order valence-electron chi connectivity index (χ0n) is 24.0. The molecule has 2 N–H and O–H groups in total. The monoisotopic (exact) mass is 560 g/mol. The number of urea groups is 1. The predicted octanol–water partition coefficient (Wildman–Crippen LogP) is 3.19. The topological polar surface area (TPSA) is 116 Å². The van der Waals surface area contributed by atoms with Crippen LogP contribution < -0.4 is 10.6 Å². The van der Waals surface area contributed by atoms with E-state index in [1.54, 1.807) is 6.92 Å². The highest BCUT2D eigenvalue weighted by molar-refractivity contribution is 6.12. The van der Waals surface area contributed by atoms with Crippen LogP contribution in [0.1, 0.15) is 64.4 Å². The molecule has 3 aliphatic carbocycles. The fraction of sp³-hybridized carbons (Fsp3) is 0.594. The van der Waals surface area contributed by atoms with Gasteiger partial charge >= 0.3 is 6.03 Å². The average molecular weight is 561 g/mol. The third-order valence-corrected chi connectivity index (χ3v) is 9.86. The van der Waals surface area contributed by atoms with Gasteiger partial charge in [0.2, 0.25) is 17.7 Å². The number of amides is 6. The van der Waals surface area contributed by atoms with E-state index >= 15 is 0 Å². The van der Waals surface area contributed by atoms with Crippen LogP contribution in [0.25, 0.3) is 0 Å². The Morgan fingerprint density at radius 3 is 2.17 bits per heavy atom. The molecule has 2 aliphatic heterocycles. The Morgan fingerprint density at radius 2 is 1.56 bits per heavy atom. The molecule has 9 heteroatoms. The van der Waals surface area contributed by atoms with Gasteiger partial charge in [-0.1, -0.05) is 42.8 Å². The van der Waals surface area contributed by atoms with Crippen molar-refractivity contribution < 1.29 is 24.0 Å². The minimum Gasteiger partial charge on any atom is -0.354 e. The number of imide groups is 2. The predicted molar refractivity (Wildman–Crippen MR) is 151 cm³/mol. The number of likely N-dealkylation sites (tertiary alicyclic amines) is 1. The van der Waals surface area contributed by atoms with Crippen molar-refractivity contribution in [2.75, 3.05) is 19.6 Å². The van der Waals surface area contributed by atoms with Gasteiger partial charge in [-0.05, 0) is 69.3 Å². The number of fused-ring (bicyclic) bond motifs is 3. The summed E-state index contributed by atoms with van der Waals surface area (Å²) in [4.78, 5) is 73.2. The number of carbonyl (C=O) groups is 5. The van der Waals surface area contributed by atoms with Crippen molar-refractivity contribution in [1.82, 2.24) is 20.4 Å². The van der Waals surface area contributed by atoms with E-state index in [2.05, 4.69) is 10.6 Å². The van der Waals surface area contributed by atoms with Crippen molar-refractivity contribution in [2.45, 2.75) is 70.8 Å². The van der Waals surface area contributed by atoms with Gasteiger partial charge in [0.25, 0.3) is 5.91 Å². The SMILES string of the molecule is CCC1=C2CC[C@H]3C(=O)N(CC)C(=O)[C@H]3[C@H]2[C@@](Cc2ccccc2)(C(=O)NCC2CC2)N(C(=O)NCC2CC2)C1=O. The van der Waals surface area contributed by atoms with Crippen molar-refractivity contribution >= 4 is 29.7 Å². The van der Waals surface area contributed by atoms with E-state index in [0.29, 0.717) is 49.8 Å². The highest BCUT2D eigenvalue weighted by Gasteiger charge is 2.67. The largest absolute Gasteiger partial charge is 0.354 e. The van der Waals surface area contributed by atoms with Crippen LogP contribution in [0.2, 0.25) is 0 Å². The molecule has 0 bridgehead atoms. The Labute approximate surface area is 241 Å². The van der Waals surface area contributed by atoms with Gasteiger partial charge in [-0.25, -0.2) is 9.69 Å². The molecule has 0 aromatic heterocycles. The molecular formula is C32H40N4O5. The van der Waals surface area contributed by atoms with Crippen LogP contribution in [0.5, 0.6) is 0 Å². The second kappa shape index (κ2) is 10.7. The number of nitrogens with one attached hydrogen (secondary N) is 2. The molecule has 0 radical (unpaired) electrons. The van der Waals surface area contributed by atoms with Crippen LogP contribution in [-0.4, -0.2) is 64.6 Å². The van der Waals surface area contributed by atoms with Crippen LogP contribution in [0.3, 0.4) is 0 Å². The van der Waals surface area contributed by atoms with Crippen molar-refractivity contribution in [3.8, 4) is 0 Å². The van der Waals surface area contributed by atoms with Crippen LogP contribution in [0.15, 0.2) is 41.5 Å². The Balaban J connectivity index is 1.56. The lowest BCUT2D eigenvalue weighted by Gasteiger charge is -2.54. The van der Waals surface area contributed by atoms with E-state index in [0.717, 1.165) is 41.7 Å². The van der Waals surface area contributed by atoms with E-state index in [-0.39, 0.29) is 24.8 Å². The normalized spacial score (nSPS) is 29.4. The van der Waals surface area contributed by atoms with Gasteiger partial charge in [0.15, 0.2) is 0 Å². The van der Waals surface area contributed by atoms with Gasteiger partial charge in [-0.2, -0.15) is 0 Å². The van der Waals surface area contributed by atoms with Gasteiger partial charge in [0.05, 0.1) is 11.8 Å². The first kappa shape index (κ1) is 27.7. The van der Waals surface area contributed by atoms with Gasteiger partial charge < -0.3 is 10.6 Å². The van der Waals surface area contributed by atoms with Crippen molar-refractivity contribution in [3.05, 3.63) is 47.0 Å². The smallest absolute Gasteiger partial charge is 0.325 e. The number of rotatable bonds is 9. The third-order valence-electron chi connectivity index (χ3n) is 9.86. The summed E-state index contributed by atoms with van der Waals surface area (Å²) < 4.78 is 0. The van der Waals surface area contributed by atoms with Gasteiger partial charge in [-0.3, -0.25) is 24.1 Å². The summed E-state index contributed by atoms with van der Waals surface area (Å²) in [7, 11) is 0. The lowest BCUT2D eigenvalue weighted by atomic mass is 9.57. The Morgan fingerprint density at radius 1 is 0.902 bits per heavy atom. The van der Waals surface area contributed by atoms with Crippen LogP contribution >= 0.6 is 0 Å². The Kier molecular flexibility index (Phi) is 7.24. The van der Waals surface area contributed by atoms with E-state index in [1.165, 1.54) is 4.90 Å². The van der Waals surface area contributed by atoms with E-state index < -0.39 is 41.1 Å². The number of hydrogen-bond acceptors (Lipinski definition) is 5. The molecule has 6 rings (SSSR count). The molecule has 6 amide bonds. The lowest BCUT2D eigenvalue weighted by molar-refractivity contribution is -0.151. The summed E-state index contributed by atoms with van der Waals surface area (Å²) >= 11 is 0. The van der Waals surface area contributed by atoms with Crippen molar-refractivity contribution in [2.24, 2.45) is 29.6 Å². The molecule has 5 aliphatic rings. The summed E-state index contributed by atoms with van der Waals surface area (Å²) in [5.74, 6) is -2.84. The lowest BCUT2D eigenvalue weighted by Crippen LogP contribution is -2.73. The van der Waals surface area contributed by atoms with Crippen LogP contribution in [0, 0.1) is 29.6 Å². The quantitative estimate of drug-likeness (QED) is 0.450. The number of nitrogens with zero attached hydrogens (tertiary/aromatic N) is 2. The van der Waals surface area contributed by atoms with Crippen molar-refractivity contribution in [1.29, 1.82) is 0 Å². The molecular weight excluding hydrogens is 520 g/mol. The molecule has 4 atom stereocenters. The molecule has 41 heavy (non-hydrogen) atoms. The first-order valence-corrected chi connectivity index (χ1v) is 15.3. The average Bonchev–Trinajstić information content (AvgIpc) is 3.90. The molecule has 4 fully saturated rings. The molecule has 1 saturated heterocycles. The maximum atomic E-state index is 14.7. The summed E-state index contributed by atoms with van der Waals surface area (Å²) in [6.45, 7) is 4.80. The third kappa shape index (κ3) is 4.67. The van der Waals surface area contributed by atoms with Crippen molar-refractivity contribution in [3.63, 3.8) is 0 Å². The zero-order valence-corrected chi connectivity index (χ0v) is 24.0. The summed E-state index contributed by atoms with van der Waals surface area (Å²) in [5.41, 5.74) is 0.343. The summed E-state index contributed by atoms with van der Waals surface area (Å²) in [6.07, 6.45) is 5.42. The minimum atomic E-state index is -1.70. The Bertz CT molecular complexity index is 1300. The number of benzene rings is 1. The first-order valence-electron chi connectivity index (χ1n) is 15.3. The van der Waals surface area contributed by atoms with E-state index in [4.69, 9.17) is 0 Å². The first-order chi connectivity index (χ1) is 19.8. The Hall–Kier alpha value is -3.49. The maximum Gasteiger partial charge on any atom is 0.325 e. The summed E-state index contributed by atoms with van der Waals surface area (Å²) in [5, 5.41) is 6.07. The van der Waals surface area contributed by atoms with Crippen LogP contribution in [0.4, 0.5) is 4.79 Å². The number of carbonyl (C=O) groups excluding carboxylic acids is 5. The molecule has 9 nitrogen and oxygen atoms in total. The summed E-state index contributed by atoms with van der Waals surface area (Å²) in [6, 6.07) is 8.79. The fourth-order valence-corrected chi connectivity index (χ4v) is 7.42. The standard InChI is InChI=1S/C32H40N4O5/c1-3-22-23-14-15-24-25(29(39)35(4-2)27(24)37)26(23)32(16-19-8-6-5-7-9-19,30(40)33-17-20-10-11-20)36(28(22)38)31(41)34-18-21-12-13-21/h5-9,20-21,24-26H,3-4,10-18H2,1-2H3,(H,33,40)(H,34,41)/t24-,25-,26+,32+/m1/s1. The van der Waals surface area contributed by atoms with Gasteiger partial charge in [0.1, 0.15) is 5.54 Å². The van der Waals surface area contributed by atoms with E-state index in [1.807, 2.05) is 37.3 Å². The zero-order chi connectivity index (χ0) is 28.9. The molecule has 0 unspecified atom stereocenters. The molecule has 1 aromatic rings. The molecule has 3 saturated carbocycles. The molecule has 1 aromatic carbocycles. The molecule has 0 spiro atoms. The highest BCUT2D eigenvalue weighted by atomic mass is 16.2. The van der Waals surface area contributed by atoms with Crippen LogP contribution in [-0.2, 0) is 25.6 Å². The second-order valence-electron chi connectivity index (χ2n) is 12.4. The minimum absolute atomic E-state index is 0.0644. The molecule has 218 valence electrons. The van der Waals surface area contributed by atoms with E-state index in [9.17, 15) is 24.0 Å². The highest BCUT2D eigenvalue weighted by Crippen LogP contribution is 2.55. The number of hydrogen-bond donors (Lipinski definition) is 2. The molecule has 2 heterocycles. The van der Waals surface area contributed by atoms with Gasteiger partial charge in [-0.15, -0.1) is 0 Å². The van der Waals surface area contributed by atoms with Gasteiger partial charge in [0, 0.05) is 37.5 Å². The second-order valence-corrected chi connectivity index (χ2v) is 12.4. The fourth-order valence-electron chi connectivity index (χ4n) is 7.42. The maximum absolute atomic E-state index is 14.7.